The third-order valence-corrected chi connectivity index (χ3v) is 4.94. The maximum atomic E-state index is 12.4. The summed E-state index contributed by atoms with van der Waals surface area (Å²) in [5.74, 6) is 0.862. The van der Waals surface area contributed by atoms with E-state index in [0.29, 0.717) is 13.1 Å². The monoisotopic (exact) mass is 408 g/mol. The quantitative estimate of drug-likeness (QED) is 0.708. The SMILES string of the molecule is O=C(Nc1ccc(Br)cc1)C1CN(c2cc(-c3ccccc3)ncn2)C1. The summed E-state index contributed by atoms with van der Waals surface area (Å²) in [5.41, 5.74) is 2.75. The standard InChI is InChI=1S/C20H17BrN4O/c21-16-6-8-17(9-7-16)24-20(26)15-11-25(12-15)19-10-18(22-13-23-19)14-4-2-1-3-5-14/h1-10,13,15H,11-12H2,(H,24,26). The molecule has 1 N–H and O–H groups in total. The average Bonchev–Trinajstić information content (AvgIpc) is 2.63. The highest BCUT2D eigenvalue weighted by atomic mass is 79.9. The molecule has 0 bridgehead atoms. The fourth-order valence-corrected chi connectivity index (χ4v) is 3.16. The number of benzene rings is 2. The van der Waals surface area contributed by atoms with Crippen LogP contribution >= 0.6 is 15.9 Å². The van der Waals surface area contributed by atoms with E-state index >= 15 is 0 Å². The maximum Gasteiger partial charge on any atom is 0.231 e. The molecular formula is C20H17BrN4O. The molecule has 0 aliphatic carbocycles. The highest BCUT2D eigenvalue weighted by molar-refractivity contribution is 9.10. The predicted molar refractivity (Wildman–Crippen MR) is 106 cm³/mol. The van der Waals surface area contributed by atoms with Gasteiger partial charge in [-0.3, -0.25) is 4.79 Å². The van der Waals surface area contributed by atoms with Crippen LogP contribution in [0.15, 0.2) is 71.5 Å². The molecule has 0 radical (unpaired) electrons. The Morgan fingerprint density at radius 1 is 1.04 bits per heavy atom. The first-order valence-electron chi connectivity index (χ1n) is 8.38. The molecule has 1 amide bonds. The smallest absolute Gasteiger partial charge is 0.231 e. The average molecular weight is 409 g/mol. The maximum absolute atomic E-state index is 12.4. The lowest BCUT2D eigenvalue weighted by Gasteiger charge is -2.39. The van der Waals surface area contributed by atoms with Crippen LogP contribution < -0.4 is 10.2 Å². The van der Waals surface area contributed by atoms with Crippen molar-refractivity contribution in [1.29, 1.82) is 0 Å². The lowest BCUT2D eigenvalue weighted by molar-refractivity contribution is -0.120. The largest absolute Gasteiger partial charge is 0.355 e. The minimum atomic E-state index is -0.0335. The molecule has 3 aromatic rings. The van der Waals surface area contributed by atoms with Crippen molar-refractivity contribution in [1.82, 2.24) is 9.97 Å². The fourth-order valence-electron chi connectivity index (χ4n) is 2.90. The summed E-state index contributed by atoms with van der Waals surface area (Å²) in [6, 6.07) is 19.6. The first-order chi connectivity index (χ1) is 12.7. The Morgan fingerprint density at radius 3 is 2.50 bits per heavy atom. The van der Waals surface area contributed by atoms with Crippen LogP contribution in [0.25, 0.3) is 11.3 Å². The predicted octanol–water partition coefficient (Wildman–Crippen LogP) is 3.98. The number of nitrogens with zero attached hydrogens (tertiary/aromatic N) is 3. The van der Waals surface area contributed by atoms with Gasteiger partial charge in [0.05, 0.1) is 11.6 Å². The third-order valence-electron chi connectivity index (χ3n) is 4.41. The lowest BCUT2D eigenvalue weighted by atomic mass is 9.99. The molecule has 26 heavy (non-hydrogen) atoms. The van der Waals surface area contributed by atoms with Crippen molar-refractivity contribution in [3.8, 4) is 11.3 Å². The minimum Gasteiger partial charge on any atom is -0.355 e. The summed E-state index contributed by atoms with van der Waals surface area (Å²) in [4.78, 5) is 23.2. The molecule has 1 aliphatic heterocycles. The zero-order chi connectivity index (χ0) is 17.9. The van der Waals surface area contributed by atoms with Crippen molar-refractivity contribution in [2.75, 3.05) is 23.3 Å². The lowest BCUT2D eigenvalue weighted by Crippen LogP contribution is -2.52. The molecular weight excluding hydrogens is 392 g/mol. The van der Waals surface area contributed by atoms with Gasteiger partial charge >= 0.3 is 0 Å². The van der Waals surface area contributed by atoms with Crippen LogP contribution in [0, 0.1) is 5.92 Å². The van der Waals surface area contributed by atoms with Crippen molar-refractivity contribution >= 4 is 33.3 Å². The van der Waals surface area contributed by atoms with E-state index in [1.54, 1.807) is 6.33 Å². The molecule has 4 rings (SSSR count). The molecule has 2 aromatic carbocycles. The van der Waals surface area contributed by atoms with Gasteiger partial charge in [0.25, 0.3) is 0 Å². The molecule has 0 saturated carbocycles. The number of amides is 1. The van der Waals surface area contributed by atoms with Gasteiger partial charge in [0.15, 0.2) is 0 Å². The van der Waals surface area contributed by atoms with Crippen LogP contribution in [0.3, 0.4) is 0 Å². The molecule has 0 unspecified atom stereocenters. The van der Waals surface area contributed by atoms with Gasteiger partial charge in [-0.15, -0.1) is 0 Å². The Morgan fingerprint density at radius 2 is 1.77 bits per heavy atom. The number of aromatic nitrogens is 2. The second-order valence-corrected chi connectivity index (χ2v) is 7.14. The number of hydrogen-bond acceptors (Lipinski definition) is 4. The van der Waals surface area contributed by atoms with E-state index < -0.39 is 0 Å². The minimum absolute atomic E-state index is 0.0335. The van der Waals surface area contributed by atoms with E-state index in [1.165, 1.54) is 0 Å². The number of carbonyl (C=O) groups excluding carboxylic acids is 1. The van der Waals surface area contributed by atoms with Crippen LogP contribution in [-0.4, -0.2) is 29.0 Å². The number of rotatable bonds is 4. The van der Waals surface area contributed by atoms with Gasteiger partial charge in [0.2, 0.25) is 5.91 Å². The number of nitrogens with one attached hydrogen (secondary N) is 1. The fraction of sp³-hybridized carbons (Fsp3) is 0.150. The van der Waals surface area contributed by atoms with Gasteiger partial charge < -0.3 is 10.2 Å². The van der Waals surface area contributed by atoms with Crippen molar-refractivity contribution in [3.63, 3.8) is 0 Å². The van der Waals surface area contributed by atoms with Crippen LogP contribution in [-0.2, 0) is 4.79 Å². The Kier molecular flexibility index (Phi) is 4.67. The van der Waals surface area contributed by atoms with Crippen LogP contribution in [0.1, 0.15) is 0 Å². The summed E-state index contributed by atoms with van der Waals surface area (Å²) in [6.45, 7) is 1.32. The highest BCUT2D eigenvalue weighted by Crippen LogP contribution is 2.27. The highest BCUT2D eigenvalue weighted by Gasteiger charge is 2.33. The Bertz CT molecular complexity index is 909. The summed E-state index contributed by atoms with van der Waals surface area (Å²) in [6.07, 6.45) is 1.58. The van der Waals surface area contributed by atoms with Gasteiger partial charge in [0, 0.05) is 34.9 Å². The molecule has 1 aliphatic rings. The second-order valence-electron chi connectivity index (χ2n) is 6.23. The first kappa shape index (κ1) is 16.7. The van der Waals surface area contributed by atoms with Crippen molar-refractivity contribution in [2.45, 2.75) is 0 Å². The van der Waals surface area contributed by atoms with Crippen LogP contribution in [0.4, 0.5) is 11.5 Å². The van der Waals surface area contributed by atoms with E-state index in [9.17, 15) is 4.79 Å². The number of carbonyl (C=O) groups is 1. The van der Waals surface area contributed by atoms with E-state index in [0.717, 1.165) is 27.2 Å². The normalized spacial score (nSPS) is 14.0. The Hall–Kier alpha value is -2.73. The first-order valence-corrected chi connectivity index (χ1v) is 9.17. The van der Waals surface area contributed by atoms with Crippen molar-refractivity contribution < 1.29 is 4.79 Å². The van der Waals surface area contributed by atoms with Crippen LogP contribution in [0.5, 0.6) is 0 Å². The number of halogens is 1. The van der Waals surface area contributed by atoms with E-state index in [1.807, 2.05) is 60.7 Å². The van der Waals surface area contributed by atoms with Gasteiger partial charge in [0.1, 0.15) is 12.1 Å². The van der Waals surface area contributed by atoms with E-state index in [2.05, 4.69) is 36.1 Å². The third kappa shape index (κ3) is 3.60. The zero-order valence-electron chi connectivity index (χ0n) is 14.0. The molecule has 0 spiro atoms. The second kappa shape index (κ2) is 7.25. The van der Waals surface area contributed by atoms with Gasteiger partial charge in [-0.2, -0.15) is 0 Å². The van der Waals surface area contributed by atoms with Gasteiger partial charge in [-0.25, -0.2) is 9.97 Å². The molecule has 1 saturated heterocycles. The summed E-state index contributed by atoms with van der Waals surface area (Å²) >= 11 is 3.39. The molecule has 6 heteroatoms. The molecule has 0 atom stereocenters. The molecule has 1 aromatic heterocycles. The van der Waals surface area contributed by atoms with Gasteiger partial charge in [-0.1, -0.05) is 46.3 Å². The molecule has 5 nitrogen and oxygen atoms in total. The Labute approximate surface area is 160 Å². The molecule has 130 valence electrons. The molecule has 2 heterocycles. The summed E-state index contributed by atoms with van der Waals surface area (Å²) < 4.78 is 0.989. The number of anilines is 2. The molecule has 1 fully saturated rings. The summed E-state index contributed by atoms with van der Waals surface area (Å²) in [5, 5.41) is 2.96. The van der Waals surface area contributed by atoms with Crippen molar-refractivity contribution in [3.05, 3.63) is 71.5 Å². The summed E-state index contributed by atoms with van der Waals surface area (Å²) in [7, 11) is 0. The number of hydrogen-bond donors (Lipinski definition) is 1. The topological polar surface area (TPSA) is 58.1 Å². The van der Waals surface area contributed by atoms with Gasteiger partial charge in [-0.05, 0) is 24.3 Å². The van der Waals surface area contributed by atoms with E-state index in [4.69, 9.17) is 0 Å². The van der Waals surface area contributed by atoms with Crippen LogP contribution in [0.2, 0.25) is 0 Å². The van der Waals surface area contributed by atoms with Crippen molar-refractivity contribution in [2.24, 2.45) is 5.92 Å². The Balaban J connectivity index is 1.39. The zero-order valence-corrected chi connectivity index (χ0v) is 15.6. The van der Waals surface area contributed by atoms with E-state index in [-0.39, 0.29) is 11.8 Å².